The summed E-state index contributed by atoms with van der Waals surface area (Å²) in [4.78, 5) is 23.7. The van der Waals surface area contributed by atoms with Crippen LogP contribution in [-0.2, 0) is 4.79 Å². The van der Waals surface area contributed by atoms with Gasteiger partial charge in [0.25, 0.3) is 11.6 Å². The Morgan fingerprint density at radius 3 is 2.67 bits per heavy atom. The molecule has 1 heterocycles. The third-order valence-electron chi connectivity index (χ3n) is 3.09. The van der Waals surface area contributed by atoms with Crippen molar-refractivity contribution in [2.24, 2.45) is 0 Å². The highest BCUT2D eigenvalue weighted by Crippen LogP contribution is 2.33. The maximum Gasteiger partial charge on any atom is 0.281 e. The van der Waals surface area contributed by atoms with Crippen molar-refractivity contribution in [1.82, 2.24) is 4.90 Å². The molecule has 0 saturated heterocycles. The number of hydrogen-bond donors (Lipinski definition) is 0. The van der Waals surface area contributed by atoms with Crippen LogP contribution in [0.4, 0.5) is 5.69 Å². The first-order valence-corrected chi connectivity index (χ1v) is 7.09. The Hall–Kier alpha value is -3.11. The molecule has 1 aromatic carbocycles. The SMILES string of the molecule is CN(C)C(=O)/C(C#N)=C\c1ccc(-c2ccc(Cl)cc2[N+](=O)[O-])o1. The molecular formula is C16H12ClN3O4. The van der Waals surface area contributed by atoms with Gasteiger partial charge in [-0.2, -0.15) is 5.26 Å². The maximum atomic E-state index is 11.8. The second-order valence-corrected chi connectivity index (χ2v) is 5.43. The number of likely N-dealkylation sites (N-methyl/N-ethyl adjacent to an activating group) is 1. The van der Waals surface area contributed by atoms with E-state index in [2.05, 4.69) is 0 Å². The lowest BCUT2D eigenvalue weighted by Gasteiger charge is -2.07. The van der Waals surface area contributed by atoms with Crippen LogP contribution in [0.3, 0.4) is 0 Å². The van der Waals surface area contributed by atoms with E-state index in [1.165, 1.54) is 55.4 Å². The molecule has 2 rings (SSSR count). The molecule has 2 aromatic rings. The summed E-state index contributed by atoms with van der Waals surface area (Å²) in [6.07, 6.45) is 1.29. The lowest BCUT2D eigenvalue weighted by atomic mass is 10.1. The predicted octanol–water partition coefficient (Wildman–Crippen LogP) is 3.50. The van der Waals surface area contributed by atoms with Gasteiger partial charge in [0.1, 0.15) is 23.2 Å². The van der Waals surface area contributed by atoms with E-state index in [-0.39, 0.29) is 33.4 Å². The zero-order valence-corrected chi connectivity index (χ0v) is 13.6. The van der Waals surface area contributed by atoms with Crippen molar-refractivity contribution < 1.29 is 14.1 Å². The molecule has 0 bridgehead atoms. The Balaban J connectivity index is 2.44. The Labute approximate surface area is 142 Å². The number of nitriles is 1. The van der Waals surface area contributed by atoms with Gasteiger partial charge in [0.2, 0.25) is 0 Å². The quantitative estimate of drug-likeness (QED) is 0.365. The third-order valence-corrected chi connectivity index (χ3v) is 3.33. The van der Waals surface area contributed by atoms with Gasteiger partial charge in [-0.05, 0) is 24.3 Å². The average Bonchev–Trinajstić information content (AvgIpc) is 3.00. The fourth-order valence-corrected chi connectivity index (χ4v) is 2.13. The first kappa shape index (κ1) is 17.2. The van der Waals surface area contributed by atoms with E-state index >= 15 is 0 Å². The summed E-state index contributed by atoms with van der Waals surface area (Å²) in [7, 11) is 3.05. The normalized spacial score (nSPS) is 11.0. The highest BCUT2D eigenvalue weighted by Gasteiger charge is 2.19. The molecule has 24 heavy (non-hydrogen) atoms. The molecule has 0 saturated carbocycles. The molecule has 0 N–H and O–H groups in total. The van der Waals surface area contributed by atoms with Gasteiger partial charge in [0, 0.05) is 31.3 Å². The van der Waals surface area contributed by atoms with E-state index in [0.717, 1.165) is 0 Å². The first-order valence-electron chi connectivity index (χ1n) is 6.71. The minimum Gasteiger partial charge on any atom is -0.456 e. The van der Waals surface area contributed by atoms with Gasteiger partial charge in [0.15, 0.2) is 0 Å². The van der Waals surface area contributed by atoms with Crippen LogP contribution < -0.4 is 0 Å². The van der Waals surface area contributed by atoms with Gasteiger partial charge in [-0.25, -0.2) is 0 Å². The van der Waals surface area contributed by atoms with Crippen molar-refractivity contribution in [2.45, 2.75) is 0 Å². The van der Waals surface area contributed by atoms with Crippen molar-refractivity contribution in [3.8, 4) is 17.4 Å². The summed E-state index contributed by atoms with van der Waals surface area (Å²) < 4.78 is 5.52. The van der Waals surface area contributed by atoms with E-state index in [1.807, 2.05) is 0 Å². The monoisotopic (exact) mass is 345 g/mol. The zero-order valence-electron chi connectivity index (χ0n) is 12.8. The molecule has 7 nitrogen and oxygen atoms in total. The van der Waals surface area contributed by atoms with Crippen molar-refractivity contribution >= 4 is 29.3 Å². The number of furan rings is 1. The van der Waals surface area contributed by atoms with Gasteiger partial charge in [-0.15, -0.1) is 0 Å². The molecule has 0 fully saturated rings. The summed E-state index contributed by atoms with van der Waals surface area (Å²) in [5.74, 6) is 0.00753. The number of benzene rings is 1. The van der Waals surface area contributed by atoms with E-state index in [0.29, 0.717) is 0 Å². The fraction of sp³-hybridized carbons (Fsp3) is 0.125. The molecule has 8 heteroatoms. The van der Waals surface area contributed by atoms with E-state index in [9.17, 15) is 14.9 Å². The van der Waals surface area contributed by atoms with Crippen molar-refractivity contribution in [1.29, 1.82) is 5.26 Å². The lowest BCUT2D eigenvalue weighted by Crippen LogP contribution is -2.22. The van der Waals surface area contributed by atoms with Crippen LogP contribution in [-0.4, -0.2) is 29.8 Å². The highest BCUT2D eigenvalue weighted by atomic mass is 35.5. The fourth-order valence-electron chi connectivity index (χ4n) is 1.96. The van der Waals surface area contributed by atoms with Gasteiger partial charge < -0.3 is 9.32 Å². The smallest absolute Gasteiger partial charge is 0.281 e. The maximum absolute atomic E-state index is 11.8. The molecule has 0 spiro atoms. The minimum atomic E-state index is -0.560. The molecule has 0 aliphatic rings. The number of nitro benzene ring substituents is 1. The van der Waals surface area contributed by atoms with Crippen LogP contribution in [0.5, 0.6) is 0 Å². The van der Waals surface area contributed by atoms with E-state index < -0.39 is 10.8 Å². The molecule has 0 atom stereocenters. The van der Waals surface area contributed by atoms with Crippen molar-refractivity contribution in [3.63, 3.8) is 0 Å². The first-order chi connectivity index (χ1) is 11.3. The molecule has 0 aliphatic carbocycles. The predicted molar refractivity (Wildman–Crippen MR) is 88.1 cm³/mol. The molecule has 0 radical (unpaired) electrons. The Morgan fingerprint density at radius 2 is 2.08 bits per heavy atom. The third kappa shape index (κ3) is 3.62. The minimum absolute atomic E-state index is 0.105. The number of carbonyl (C=O) groups excluding carboxylic acids is 1. The Kier molecular flexibility index (Phi) is 5.02. The zero-order chi connectivity index (χ0) is 17.9. The standard InChI is InChI=1S/C16H12ClN3O4/c1-19(2)16(21)10(9-18)7-12-4-6-15(24-12)13-5-3-11(17)8-14(13)20(22)23/h3-8H,1-2H3/b10-7-. The highest BCUT2D eigenvalue weighted by molar-refractivity contribution is 6.30. The number of rotatable bonds is 4. The molecule has 122 valence electrons. The molecule has 1 aromatic heterocycles. The molecule has 1 amide bonds. The number of nitrogens with zero attached hydrogens (tertiary/aromatic N) is 3. The van der Waals surface area contributed by atoms with Crippen molar-refractivity contribution in [3.05, 3.63) is 56.8 Å². The summed E-state index contributed by atoms with van der Waals surface area (Å²) in [5.41, 5.74) is -0.0507. The van der Waals surface area contributed by atoms with Crippen LogP contribution in [0.1, 0.15) is 5.76 Å². The van der Waals surface area contributed by atoms with E-state index in [1.54, 1.807) is 6.07 Å². The average molecular weight is 346 g/mol. The molecule has 0 aliphatic heterocycles. The van der Waals surface area contributed by atoms with Crippen LogP contribution in [0.2, 0.25) is 5.02 Å². The van der Waals surface area contributed by atoms with E-state index in [4.69, 9.17) is 21.3 Å². The van der Waals surface area contributed by atoms with Crippen LogP contribution in [0.25, 0.3) is 17.4 Å². The Morgan fingerprint density at radius 1 is 1.38 bits per heavy atom. The number of nitro groups is 1. The second-order valence-electron chi connectivity index (χ2n) is 4.99. The summed E-state index contributed by atoms with van der Waals surface area (Å²) in [6, 6.07) is 9.06. The number of amides is 1. The lowest BCUT2D eigenvalue weighted by molar-refractivity contribution is -0.384. The largest absolute Gasteiger partial charge is 0.456 e. The van der Waals surface area contributed by atoms with Gasteiger partial charge in [-0.3, -0.25) is 14.9 Å². The van der Waals surface area contributed by atoms with Crippen LogP contribution in [0, 0.1) is 21.4 Å². The van der Waals surface area contributed by atoms with Crippen molar-refractivity contribution in [2.75, 3.05) is 14.1 Å². The summed E-state index contributed by atoms with van der Waals surface area (Å²) in [6.45, 7) is 0. The summed E-state index contributed by atoms with van der Waals surface area (Å²) >= 11 is 5.78. The van der Waals surface area contributed by atoms with Gasteiger partial charge in [0.05, 0.1) is 10.5 Å². The molecular weight excluding hydrogens is 334 g/mol. The number of hydrogen-bond acceptors (Lipinski definition) is 5. The second kappa shape index (κ2) is 6.98. The van der Waals surface area contributed by atoms with Gasteiger partial charge in [-0.1, -0.05) is 11.6 Å². The molecule has 0 unspecified atom stereocenters. The Bertz CT molecular complexity index is 878. The summed E-state index contributed by atoms with van der Waals surface area (Å²) in [5, 5.41) is 20.4. The van der Waals surface area contributed by atoms with Crippen LogP contribution in [0.15, 0.2) is 40.3 Å². The number of carbonyl (C=O) groups is 1. The topological polar surface area (TPSA) is 100 Å². The number of halogens is 1. The van der Waals surface area contributed by atoms with Crippen LogP contribution >= 0.6 is 11.6 Å². The van der Waals surface area contributed by atoms with Gasteiger partial charge >= 0.3 is 0 Å².